The number of amides is 1. The third kappa shape index (κ3) is 1.48. The van der Waals surface area contributed by atoms with Crippen molar-refractivity contribution in [3.05, 3.63) is 24.0 Å². The predicted molar refractivity (Wildman–Crippen MR) is 48.9 cm³/mol. The highest BCUT2D eigenvalue weighted by atomic mass is 32.2. The molecule has 3 nitrogen and oxygen atoms in total. The Morgan fingerprint density at radius 1 is 1.67 bits per heavy atom. The van der Waals surface area contributed by atoms with E-state index in [1.807, 2.05) is 18.3 Å². The van der Waals surface area contributed by atoms with Gasteiger partial charge in [0.05, 0.1) is 11.1 Å². The molecule has 0 aromatic carbocycles. The molecular formula is C8H10N2OS. The number of rotatable bonds is 2. The molecule has 2 N–H and O–H groups in total. The van der Waals surface area contributed by atoms with E-state index >= 15 is 0 Å². The predicted octanol–water partition coefficient (Wildman–Crippen LogP) is 0.746. The van der Waals surface area contributed by atoms with Crippen molar-refractivity contribution in [1.82, 2.24) is 10.3 Å². The molecular weight excluding hydrogens is 172 g/mol. The fourth-order valence-electron chi connectivity index (χ4n) is 1.25. The second kappa shape index (κ2) is 3.23. The molecule has 1 saturated heterocycles. The molecule has 1 fully saturated rings. The van der Waals surface area contributed by atoms with E-state index in [0.29, 0.717) is 0 Å². The summed E-state index contributed by atoms with van der Waals surface area (Å²) in [6.07, 6.45) is 2.69. The molecule has 0 bridgehead atoms. The van der Waals surface area contributed by atoms with Crippen molar-refractivity contribution < 1.29 is 4.79 Å². The summed E-state index contributed by atoms with van der Waals surface area (Å²) < 4.78 is 0. The molecule has 2 heterocycles. The summed E-state index contributed by atoms with van der Waals surface area (Å²) in [6.45, 7) is 0. The van der Waals surface area contributed by atoms with Crippen LogP contribution in [0.2, 0.25) is 0 Å². The second-order valence-corrected chi connectivity index (χ2v) is 3.93. The molecule has 0 radical (unpaired) electrons. The van der Waals surface area contributed by atoms with Gasteiger partial charge in [-0.05, 0) is 12.1 Å². The van der Waals surface area contributed by atoms with E-state index in [2.05, 4.69) is 10.3 Å². The highest BCUT2D eigenvalue weighted by Crippen LogP contribution is 2.19. The van der Waals surface area contributed by atoms with Gasteiger partial charge in [0, 0.05) is 18.3 Å². The molecule has 0 aliphatic carbocycles. The lowest BCUT2D eigenvalue weighted by Crippen LogP contribution is -2.24. The van der Waals surface area contributed by atoms with E-state index in [1.54, 1.807) is 11.8 Å². The highest BCUT2D eigenvalue weighted by Gasteiger charge is 2.24. The molecule has 1 amide bonds. The van der Waals surface area contributed by atoms with Crippen LogP contribution in [0.15, 0.2) is 18.3 Å². The monoisotopic (exact) mass is 182 g/mol. The minimum atomic E-state index is 0.101. The Bertz CT molecular complexity index is 271. The zero-order valence-corrected chi connectivity index (χ0v) is 7.36. The Morgan fingerprint density at radius 2 is 2.58 bits per heavy atom. The van der Waals surface area contributed by atoms with Crippen LogP contribution in [-0.2, 0) is 11.2 Å². The molecule has 0 spiro atoms. The van der Waals surface area contributed by atoms with Gasteiger partial charge in [-0.25, -0.2) is 0 Å². The minimum Gasteiger partial charge on any atom is -0.365 e. The van der Waals surface area contributed by atoms with Crippen LogP contribution in [0.3, 0.4) is 0 Å². The zero-order chi connectivity index (χ0) is 8.39. The normalized spacial score (nSPS) is 22.7. The van der Waals surface area contributed by atoms with Gasteiger partial charge in [0.2, 0.25) is 5.91 Å². The fourth-order valence-corrected chi connectivity index (χ4v) is 2.21. The van der Waals surface area contributed by atoms with Crippen molar-refractivity contribution in [3.8, 4) is 0 Å². The molecule has 1 aromatic rings. The van der Waals surface area contributed by atoms with Crippen LogP contribution in [0.5, 0.6) is 0 Å². The zero-order valence-electron chi connectivity index (χ0n) is 6.54. The minimum absolute atomic E-state index is 0.101. The molecule has 0 saturated carbocycles. The third-order valence-electron chi connectivity index (χ3n) is 1.89. The first-order chi connectivity index (χ1) is 5.86. The number of H-pyrrole nitrogens is 1. The maximum Gasteiger partial charge on any atom is 0.234 e. The number of hydrogen-bond acceptors (Lipinski definition) is 2. The number of aromatic amines is 1. The van der Waals surface area contributed by atoms with Crippen LogP contribution in [-0.4, -0.2) is 22.0 Å². The Balaban J connectivity index is 1.99. The molecule has 12 heavy (non-hydrogen) atoms. The van der Waals surface area contributed by atoms with Crippen LogP contribution in [0.4, 0.5) is 0 Å². The maximum absolute atomic E-state index is 11.2. The molecule has 1 aliphatic rings. The summed E-state index contributed by atoms with van der Waals surface area (Å²) in [5, 5.41) is 2.89. The number of hydrogen-bond donors (Lipinski definition) is 2. The van der Waals surface area contributed by atoms with Crippen molar-refractivity contribution in [1.29, 1.82) is 0 Å². The van der Waals surface area contributed by atoms with E-state index in [1.165, 1.54) is 0 Å². The van der Waals surface area contributed by atoms with Gasteiger partial charge in [0.25, 0.3) is 0 Å². The lowest BCUT2D eigenvalue weighted by atomic mass is 10.2. The number of carbonyl (C=O) groups is 1. The quantitative estimate of drug-likeness (QED) is 0.708. The number of nitrogens with one attached hydrogen (secondary N) is 2. The molecule has 1 aliphatic heterocycles. The molecule has 1 aromatic heterocycles. The summed E-state index contributed by atoms with van der Waals surface area (Å²) in [5.41, 5.74) is 1.13. The number of thioether (sulfide) groups is 1. The Morgan fingerprint density at radius 3 is 3.17 bits per heavy atom. The van der Waals surface area contributed by atoms with Gasteiger partial charge in [-0.1, -0.05) is 0 Å². The molecule has 2 rings (SSSR count). The van der Waals surface area contributed by atoms with Crippen molar-refractivity contribution in [2.24, 2.45) is 0 Å². The average molecular weight is 182 g/mol. The maximum atomic E-state index is 11.2. The van der Waals surface area contributed by atoms with Gasteiger partial charge in [-0.3, -0.25) is 4.79 Å². The summed E-state index contributed by atoms with van der Waals surface area (Å²) in [4.78, 5) is 14.2. The first-order valence-electron chi connectivity index (χ1n) is 3.88. The van der Waals surface area contributed by atoms with Gasteiger partial charge in [0.1, 0.15) is 0 Å². The fraction of sp³-hybridized carbons (Fsp3) is 0.375. The van der Waals surface area contributed by atoms with Gasteiger partial charge in [-0.2, -0.15) is 0 Å². The van der Waals surface area contributed by atoms with Gasteiger partial charge in [-0.15, -0.1) is 11.8 Å². The van der Waals surface area contributed by atoms with Crippen LogP contribution in [0, 0.1) is 0 Å². The number of aromatic nitrogens is 1. The molecule has 64 valence electrons. The topological polar surface area (TPSA) is 44.9 Å². The van der Waals surface area contributed by atoms with Crippen molar-refractivity contribution in [2.45, 2.75) is 11.7 Å². The standard InChI is InChI=1S/C8H10N2OS/c11-8-7(12-5-10-8)4-6-2-1-3-9-6/h1-3,7,9H,4-5H2,(H,10,11). The molecule has 1 atom stereocenters. The van der Waals surface area contributed by atoms with Crippen LogP contribution < -0.4 is 5.32 Å². The van der Waals surface area contributed by atoms with Crippen molar-refractivity contribution in [2.75, 3.05) is 5.88 Å². The lowest BCUT2D eigenvalue weighted by Gasteiger charge is -2.02. The van der Waals surface area contributed by atoms with Crippen molar-refractivity contribution >= 4 is 17.7 Å². The first kappa shape index (κ1) is 7.73. The molecule has 1 unspecified atom stereocenters. The van der Waals surface area contributed by atoms with E-state index in [-0.39, 0.29) is 11.2 Å². The first-order valence-corrected chi connectivity index (χ1v) is 4.93. The van der Waals surface area contributed by atoms with Crippen LogP contribution in [0.1, 0.15) is 5.69 Å². The Hall–Kier alpha value is -0.900. The van der Waals surface area contributed by atoms with Gasteiger partial charge < -0.3 is 10.3 Å². The third-order valence-corrected chi connectivity index (χ3v) is 2.99. The largest absolute Gasteiger partial charge is 0.365 e. The van der Waals surface area contributed by atoms with Crippen LogP contribution in [0.25, 0.3) is 0 Å². The van der Waals surface area contributed by atoms with E-state index in [4.69, 9.17) is 0 Å². The van der Waals surface area contributed by atoms with Gasteiger partial charge in [0.15, 0.2) is 0 Å². The highest BCUT2D eigenvalue weighted by molar-refractivity contribution is 8.01. The smallest absolute Gasteiger partial charge is 0.234 e. The van der Waals surface area contributed by atoms with Gasteiger partial charge >= 0.3 is 0 Å². The summed E-state index contributed by atoms with van der Waals surface area (Å²) in [6, 6.07) is 3.96. The summed E-state index contributed by atoms with van der Waals surface area (Å²) >= 11 is 1.67. The average Bonchev–Trinajstić information content (AvgIpc) is 2.65. The van der Waals surface area contributed by atoms with E-state index in [9.17, 15) is 4.79 Å². The van der Waals surface area contributed by atoms with Crippen molar-refractivity contribution in [3.63, 3.8) is 0 Å². The van der Waals surface area contributed by atoms with E-state index < -0.39 is 0 Å². The molecule has 4 heteroatoms. The Kier molecular flexibility index (Phi) is 2.08. The SMILES string of the molecule is O=C1NCSC1Cc1ccc[nH]1. The Labute approximate surface area is 74.9 Å². The number of carbonyl (C=O) groups excluding carboxylic acids is 1. The van der Waals surface area contributed by atoms with Crippen LogP contribution >= 0.6 is 11.8 Å². The summed E-state index contributed by atoms with van der Waals surface area (Å²) in [7, 11) is 0. The second-order valence-electron chi connectivity index (χ2n) is 2.74. The van der Waals surface area contributed by atoms with E-state index in [0.717, 1.165) is 18.0 Å². The lowest BCUT2D eigenvalue weighted by molar-refractivity contribution is -0.119. The summed E-state index contributed by atoms with van der Waals surface area (Å²) in [5.74, 6) is 0.916.